The van der Waals surface area contributed by atoms with Crippen molar-refractivity contribution in [1.82, 2.24) is 15.3 Å². The molecule has 1 aromatic heterocycles. The van der Waals surface area contributed by atoms with Crippen LogP contribution in [0.1, 0.15) is 31.3 Å². The monoisotopic (exact) mass is 250 g/mol. The number of morpholine rings is 1. The van der Waals surface area contributed by atoms with Gasteiger partial charge < -0.3 is 15.4 Å². The number of rotatable bonds is 4. The Kier molecular flexibility index (Phi) is 4.49. The first-order valence-electron chi connectivity index (χ1n) is 6.55. The smallest absolute Gasteiger partial charge is 0.133 e. The molecule has 0 aliphatic carbocycles. The quantitative estimate of drug-likeness (QED) is 0.843. The van der Waals surface area contributed by atoms with Crippen LogP contribution in [0, 0.1) is 6.92 Å². The highest BCUT2D eigenvalue weighted by molar-refractivity contribution is 5.36. The molecule has 0 aromatic carbocycles. The number of anilines is 1. The van der Waals surface area contributed by atoms with Crippen LogP contribution in [0.2, 0.25) is 0 Å². The van der Waals surface area contributed by atoms with E-state index in [2.05, 4.69) is 34.4 Å². The van der Waals surface area contributed by atoms with E-state index in [0.717, 1.165) is 43.6 Å². The molecule has 18 heavy (non-hydrogen) atoms. The van der Waals surface area contributed by atoms with Gasteiger partial charge in [0.15, 0.2) is 0 Å². The SMILES string of the molecule is Cc1cc(NCC2COCCN2)nc(C(C)C)n1. The zero-order valence-corrected chi connectivity index (χ0v) is 11.4. The molecule has 2 N–H and O–H groups in total. The Morgan fingerprint density at radius 2 is 2.33 bits per heavy atom. The van der Waals surface area contributed by atoms with Crippen molar-refractivity contribution in [2.45, 2.75) is 32.7 Å². The number of hydrogen-bond donors (Lipinski definition) is 2. The predicted molar refractivity (Wildman–Crippen MR) is 72.0 cm³/mol. The molecule has 1 aliphatic heterocycles. The summed E-state index contributed by atoms with van der Waals surface area (Å²) >= 11 is 0. The first kappa shape index (κ1) is 13.2. The third-order valence-electron chi connectivity index (χ3n) is 2.92. The fourth-order valence-corrected chi connectivity index (χ4v) is 1.92. The molecule has 1 aromatic rings. The second-order valence-corrected chi connectivity index (χ2v) is 5.01. The van der Waals surface area contributed by atoms with E-state index in [0.29, 0.717) is 12.0 Å². The Balaban J connectivity index is 1.95. The van der Waals surface area contributed by atoms with E-state index in [4.69, 9.17) is 4.74 Å². The molecule has 5 heteroatoms. The highest BCUT2D eigenvalue weighted by Gasteiger charge is 2.13. The maximum absolute atomic E-state index is 5.42. The van der Waals surface area contributed by atoms with Crippen molar-refractivity contribution in [2.24, 2.45) is 0 Å². The van der Waals surface area contributed by atoms with Crippen molar-refractivity contribution in [3.05, 3.63) is 17.6 Å². The van der Waals surface area contributed by atoms with E-state index in [1.165, 1.54) is 0 Å². The van der Waals surface area contributed by atoms with Gasteiger partial charge in [0.25, 0.3) is 0 Å². The summed E-state index contributed by atoms with van der Waals surface area (Å²) in [6.45, 7) is 9.53. The largest absolute Gasteiger partial charge is 0.378 e. The average Bonchev–Trinajstić information content (AvgIpc) is 2.37. The lowest BCUT2D eigenvalue weighted by Gasteiger charge is -2.24. The second kappa shape index (κ2) is 6.11. The van der Waals surface area contributed by atoms with Gasteiger partial charge in [-0.3, -0.25) is 0 Å². The van der Waals surface area contributed by atoms with Crippen LogP contribution in [0.4, 0.5) is 5.82 Å². The van der Waals surface area contributed by atoms with Crippen LogP contribution in [-0.2, 0) is 4.74 Å². The Hall–Kier alpha value is -1.20. The highest BCUT2D eigenvalue weighted by Crippen LogP contribution is 2.13. The second-order valence-electron chi connectivity index (χ2n) is 5.01. The van der Waals surface area contributed by atoms with Gasteiger partial charge in [-0.25, -0.2) is 9.97 Å². The summed E-state index contributed by atoms with van der Waals surface area (Å²) in [6, 6.07) is 2.34. The van der Waals surface area contributed by atoms with E-state index in [9.17, 15) is 0 Å². The molecule has 1 atom stereocenters. The van der Waals surface area contributed by atoms with Gasteiger partial charge in [0, 0.05) is 36.8 Å². The summed E-state index contributed by atoms with van der Waals surface area (Å²) in [5, 5.41) is 6.77. The maximum atomic E-state index is 5.42. The molecule has 0 spiro atoms. The van der Waals surface area contributed by atoms with Gasteiger partial charge in [-0.1, -0.05) is 13.8 Å². The van der Waals surface area contributed by atoms with Crippen molar-refractivity contribution in [3.63, 3.8) is 0 Å². The minimum Gasteiger partial charge on any atom is -0.378 e. The van der Waals surface area contributed by atoms with Gasteiger partial charge in [-0.15, -0.1) is 0 Å². The van der Waals surface area contributed by atoms with E-state index >= 15 is 0 Å². The third kappa shape index (κ3) is 3.65. The van der Waals surface area contributed by atoms with Gasteiger partial charge >= 0.3 is 0 Å². The molecule has 0 radical (unpaired) electrons. The summed E-state index contributed by atoms with van der Waals surface area (Å²) in [4.78, 5) is 8.96. The fourth-order valence-electron chi connectivity index (χ4n) is 1.92. The lowest BCUT2D eigenvalue weighted by Crippen LogP contribution is -2.45. The molecule has 1 saturated heterocycles. The van der Waals surface area contributed by atoms with Crippen LogP contribution in [0.25, 0.3) is 0 Å². The molecule has 0 amide bonds. The van der Waals surface area contributed by atoms with E-state index < -0.39 is 0 Å². The van der Waals surface area contributed by atoms with Crippen LogP contribution >= 0.6 is 0 Å². The Labute approximate surface area is 108 Å². The standard InChI is InChI=1S/C13H22N4O/c1-9(2)13-16-10(3)6-12(17-13)15-7-11-8-18-5-4-14-11/h6,9,11,14H,4-5,7-8H2,1-3H3,(H,15,16,17). The molecule has 5 nitrogen and oxygen atoms in total. The van der Waals surface area contributed by atoms with Crippen molar-refractivity contribution in [3.8, 4) is 0 Å². The summed E-state index contributed by atoms with van der Waals surface area (Å²) in [7, 11) is 0. The number of nitrogens with one attached hydrogen (secondary N) is 2. The molecular weight excluding hydrogens is 228 g/mol. The molecule has 100 valence electrons. The molecule has 2 rings (SSSR count). The Morgan fingerprint density at radius 1 is 1.50 bits per heavy atom. The molecule has 1 aliphatic rings. The van der Waals surface area contributed by atoms with Crippen LogP contribution in [0.15, 0.2) is 6.07 Å². The number of aryl methyl sites for hydroxylation is 1. The van der Waals surface area contributed by atoms with Crippen molar-refractivity contribution in [2.75, 3.05) is 31.6 Å². The maximum Gasteiger partial charge on any atom is 0.133 e. The highest BCUT2D eigenvalue weighted by atomic mass is 16.5. The van der Waals surface area contributed by atoms with Gasteiger partial charge in [0.05, 0.1) is 13.2 Å². The number of ether oxygens (including phenoxy) is 1. The zero-order valence-electron chi connectivity index (χ0n) is 11.4. The Morgan fingerprint density at radius 3 is 3.00 bits per heavy atom. The number of hydrogen-bond acceptors (Lipinski definition) is 5. The lowest BCUT2D eigenvalue weighted by atomic mass is 10.2. The van der Waals surface area contributed by atoms with Crippen molar-refractivity contribution in [1.29, 1.82) is 0 Å². The normalized spacial score (nSPS) is 20.1. The minimum atomic E-state index is 0.349. The topological polar surface area (TPSA) is 59.1 Å². The minimum absolute atomic E-state index is 0.349. The molecule has 1 fully saturated rings. The first-order valence-corrected chi connectivity index (χ1v) is 6.55. The van der Waals surface area contributed by atoms with Gasteiger partial charge in [-0.05, 0) is 6.92 Å². The number of aromatic nitrogens is 2. The molecule has 2 heterocycles. The zero-order chi connectivity index (χ0) is 13.0. The van der Waals surface area contributed by atoms with Crippen LogP contribution in [-0.4, -0.2) is 42.3 Å². The summed E-state index contributed by atoms with van der Waals surface area (Å²) in [5.74, 6) is 2.14. The van der Waals surface area contributed by atoms with Crippen LogP contribution in [0.5, 0.6) is 0 Å². The first-order chi connectivity index (χ1) is 8.65. The number of nitrogens with zero attached hydrogens (tertiary/aromatic N) is 2. The molecule has 0 bridgehead atoms. The van der Waals surface area contributed by atoms with E-state index in [1.54, 1.807) is 0 Å². The van der Waals surface area contributed by atoms with Gasteiger partial charge in [-0.2, -0.15) is 0 Å². The fraction of sp³-hybridized carbons (Fsp3) is 0.692. The Bertz CT molecular complexity index is 389. The van der Waals surface area contributed by atoms with Gasteiger partial charge in [0.2, 0.25) is 0 Å². The third-order valence-corrected chi connectivity index (χ3v) is 2.92. The summed E-state index contributed by atoms with van der Waals surface area (Å²) in [5.41, 5.74) is 1.00. The average molecular weight is 250 g/mol. The van der Waals surface area contributed by atoms with Crippen molar-refractivity contribution >= 4 is 5.82 Å². The summed E-state index contributed by atoms with van der Waals surface area (Å²) < 4.78 is 5.42. The lowest BCUT2D eigenvalue weighted by molar-refractivity contribution is 0.0806. The van der Waals surface area contributed by atoms with Gasteiger partial charge in [0.1, 0.15) is 11.6 Å². The van der Waals surface area contributed by atoms with Crippen LogP contribution < -0.4 is 10.6 Å². The van der Waals surface area contributed by atoms with E-state index in [1.807, 2.05) is 13.0 Å². The van der Waals surface area contributed by atoms with Crippen LogP contribution in [0.3, 0.4) is 0 Å². The van der Waals surface area contributed by atoms with E-state index in [-0.39, 0.29) is 0 Å². The van der Waals surface area contributed by atoms with Crippen molar-refractivity contribution < 1.29 is 4.74 Å². The summed E-state index contributed by atoms with van der Waals surface area (Å²) in [6.07, 6.45) is 0. The predicted octanol–water partition coefficient (Wildman–Crippen LogP) is 1.31. The molecular formula is C13H22N4O. The molecule has 0 saturated carbocycles. The molecule has 1 unspecified atom stereocenters.